The Kier molecular flexibility index (Phi) is 5.23. The quantitative estimate of drug-likeness (QED) is 0.843. The minimum atomic E-state index is -0.971. The van der Waals surface area contributed by atoms with Gasteiger partial charge in [-0.3, -0.25) is 4.21 Å². The van der Waals surface area contributed by atoms with Crippen LogP contribution in [-0.4, -0.2) is 58.4 Å². The van der Waals surface area contributed by atoms with Crippen molar-refractivity contribution in [2.45, 2.75) is 25.3 Å². The average Bonchev–Trinajstić information content (AvgIpc) is 3.13. The first kappa shape index (κ1) is 18.5. The molecule has 4 rings (SSSR count). The van der Waals surface area contributed by atoms with Crippen molar-refractivity contribution in [1.29, 1.82) is 0 Å². The van der Waals surface area contributed by atoms with Crippen molar-refractivity contribution >= 4 is 44.1 Å². The van der Waals surface area contributed by atoms with Crippen LogP contribution < -0.4 is 15.4 Å². The Morgan fingerprint density at radius 3 is 2.78 bits per heavy atom. The number of ether oxygens (including phenoxy) is 1. The van der Waals surface area contributed by atoms with Crippen molar-refractivity contribution in [2.75, 3.05) is 43.1 Å². The highest BCUT2D eigenvalue weighted by Gasteiger charge is 2.33. The summed E-state index contributed by atoms with van der Waals surface area (Å²) in [6.45, 7) is 2.48. The molecule has 146 valence electrons. The number of urea groups is 1. The van der Waals surface area contributed by atoms with Crippen molar-refractivity contribution in [3.63, 3.8) is 0 Å². The number of anilines is 1. The van der Waals surface area contributed by atoms with E-state index in [9.17, 15) is 9.00 Å². The number of benzene rings is 1. The van der Waals surface area contributed by atoms with E-state index in [-0.39, 0.29) is 6.04 Å². The molecule has 2 saturated heterocycles. The van der Waals surface area contributed by atoms with Gasteiger partial charge in [-0.05, 0) is 31.4 Å². The highest BCUT2D eigenvalue weighted by molar-refractivity contribution is 7.85. The molecule has 0 aliphatic carbocycles. The third-order valence-electron chi connectivity index (χ3n) is 5.27. The number of aromatic nitrogens is 1. The maximum Gasteiger partial charge on any atom is 0.315 e. The number of nitrogens with zero attached hydrogens (tertiary/aromatic N) is 3. The molecule has 27 heavy (non-hydrogen) atoms. The van der Waals surface area contributed by atoms with Crippen LogP contribution in [0.15, 0.2) is 12.1 Å². The van der Waals surface area contributed by atoms with Crippen LogP contribution in [-0.2, 0) is 10.8 Å². The maximum atomic E-state index is 12.1. The van der Waals surface area contributed by atoms with E-state index in [0.717, 1.165) is 39.8 Å². The third kappa shape index (κ3) is 3.50. The first-order chi connectivity index (χ1) is 13.1. The van der Waals surface area contributed by atoms with Crippen molar-refractivity contribution in [3.8, 4) is 5.75 Å². The van der Waals surface area contributed by atoms with E-state index < -0.39 is 16.8 Å². The van der Waals surface area contributed by atoms with Crippen LogP contribution in [0.4, 0.5) is 10.5 Å². The van der Waals surface area contributed by atoms with E-state index in [1.807, 2.05) is 6.07 Å². The molecule has 0 spiro atoms. The predicted octanol–water partition coefficient (Wildman–Crippen LogP) is 2.48. The molecule has 9 heteroatoms. The zero-order valence-electron chi connectivity index (χ0n) is 15.3. The molecule has 7 nitrogen and oxygen atoms in total. The number of rotatable bonds is 3. The summed E-state index contributed by atoms with van der Waals surface area (Å²) in [6, 6.07) is 3.23. The van der Waals surface area contributed by atoms with Crippen molar-refractivity contribution in [1.82, 2.24) is 9.88 Å². The van der Waals surface area contributed by atoms with Crippen molar-refractivity contribution in [2.24, 2.45) is 5.73 Å². The molecule has 2 aromatic rings. The highest BCUT2D eigenvalue weighted by atomic mass is 32.2. The topological polar surface area (TPSA) is 88.8 Å². The molecule has 0 saturated carbocycles. The molecule has 0 bridgehead atoms. The third-order valence-corrected chi connectivity index (χ3v) is 7.77. The van der Waals surface area contributed by atoms with Gasteiger partial charge in [0.25, 0.3) is 0 Å². The summed E-state index contributed by atoms with van der Waals surface area (Å²) in [5, 5.41) is 0.777. The summed E-state index contributed by atoms with van der Waals surface area (Å²) in [7, 11) is 0.668. The van der Waals surface area contributed by atoms with Crippen LogP contribution in [0.3, 0.4) is 0 Å². The summed E-state index contributed by atoms with van der Waals surface area (Å²) in [5.41, 5.74) is 7.54. The van der Waals surface area contributed by atoms with Gasteiger partial charge in [0, 0.05) is 36.2 Å². The van der Waals surface area contributed by atoms with Crippen molar-refractivity contribution in [3.05, 3.63) is 17.1 Å². The molecule has 2 fully saturated rings. The maximum absolute atomic E-state index is 12.1. The van der Waals surface area contributed by atoms with Gasteiger partial charge in [0.1, 0.15) is 16.3 Å². The molecule has 2 amide bonds. The van der Waals surface area contributed by atoms with Crippen LogP contribution in [0.5, 0.6) is 5.75 Å². The summed E-state index contributed by atoms with van der Waals surface area (Å²) in [5.74, 6) is 1.56. The zero-order valence-corrected chi connectivity index (χ0v) is 17.0. The fourth-order valence-corrected chi connectivity index (χ4v) is 6.45. The van der Waals surface area contributed by atoms with Crippen LogP contribution >= 0.6 is 11.3 Å². The number of hydrogen-bond acceptors (Lipinski definition) is 6. The fourth-order valence-electron chi connectivity index (χ4n) is 3.85. The molecular weight excluding hydrogens is 384 g/mol. The van der Waals surface area contributed by atoms with E-state index in [1.165, 1.54) is 19.3 Å². The Balaban J connectivity index is 1.79. The molecule has 2 N–H and O–H groups in total. The minimum Gasteiger partial charge on any atom is -0.494 e. The number of hydrogen-bond donors (Lipinski definition) is 1. The van der Waals surface area contributed by atoms with Gasteiger partial charge >= 0.3 is 6.03 Å². The van der Waals surface area contributed by atoms with Crippen molar-refractivity contribution < 1.29 is 13.7 Å². The van der Waals surface area contributed by atoms with Gasteiger partial charge in [-0.25, -0.2) is 9.78 Å². The molecule has 3 heterocycles. The normalized spacial score (nSPS) is 23.6. The average molecular weight is 409 g/mol. The molecule has 2 aliphatic rings. The van der Waals surface area contributed by atoms with Gasteiger partial charge in [0.05, 0.1) is 29.3 Å². The lowest BCUT2D eigenvalue weighted by atomic mass is 10.1. The number of thiazole rings is 1. The van der Waals surface area contributed by atoms with Crippen LogP contribution in [0.25, 0.3) is 10.2 Å². The Morgan fingerprint density at radius 2 is 2.07 bits per heavy atom. The largest absolute Gasteiger partial charge is 0.494 e. The Morgan fingerprint density at radius 1 is 1.30 bits per heavy atom. The Hall–Kier alpha value is -1.87. The lowest BCUT2D eigenvalue weighted by Gasteiger charge is -2.32. The zero-order chi connectivity index (χ0) is 19.0. The van der Waals surface area contributed by atoms with Crippen LogP contribution in [0, 0.1) is 0 Å². The minimum absolute atomic E-state index is 0.339. The lowest BCUT2D eigenvalue weighted by Crippen LogP contribution is -2.46. The van der Waals surface area contributed by atoms with Crippen LogP contribution in [0.1, 0.15) is 30.3 Å². The Bertz CT molecular complexity index is 879. The number of methoxy groups -OCH3 is 1. The number of carbonyl (C=O) groups excluding carboxylic acids is 1. The van der Waals surface area contributed by atoms with E-state index in [0.29, 0.717) is 18.1 Å². The molecule has 2 unspecified atom stereocenters. The van der Waals surface area contributed by atoms with Gasteiger partial charge in [-0.1, -0.05) is 0 Å². The number of nitrogens with two attached hydrogens (primary N) is 1. The predicted molar refractivity (Wildman–Crippen MR) is 109 cm³/mol. The first-order valence-corrected chi connectivity index (χ1v) is 11.5. The summed E-state index contributed by atoms with van der Waals surface area (Å²) in [6.07, 6.45) is 3.65. The molecule has 2 aliphatic heterocycles. The number of piperidine rings is 1. The lowest BCUT2D eigenvalue weighted by molar-refractivity contribution is 0.191. The van der Waals surface area contributed by atoms with E-state index in [1.54, 1.807) is 23.3 Å². The SMILES string of the molecule is COc1ccc(N2CCCCC2)c2sc(C3CS(=O)CCN3C(N)=O)nc12. The molecule has 0 radical (unpaired) electrons. The van der Waals surface area contributed by atoms with E-state index >= 15 is 0 Å². The number of primary amides is 1. The standard InChI is InChI=1S/C18H24N4O3S2/c1-25-14-6-5-12(21-7-3-2-4-8-21)16-15(14)20-17(26-16)13-11-27(24)10-9-22(13)18(19)23/h5-6,13H,2-4,7-11H2,1H3,(H2,19,23). The monoisotopic (exact) mass is 408 g/mol. The second-order valence-electron chi connectivity index (χ2n) is 6.92. The summed E-state index contributed by atoms with van der Waals surface area (Å²) in [4.78, 5) is 20.7. The molecule has 1 aromatic heterocycles. The van der Waals surface area contributed by atoms with Crippen LogP contribution in [0.2, 0.25) is 0 Å². The molecular formula is C18H24N4O3S2. The number of fused-ring (bicyclic) bond motifs is 1. The first-order valence-electron chi connectivity index (χ1n) is 9.22. The fraction of sp³-hybridized carbons (Fsp3) is 0.556. The second kappa shape index (κ2) is 7.63. The van der Waals surface area contributed by atoms with Gasteiger partial charge in [-0.15, -0.1) is 11.3 Å². The Labute approximate surface area is 164 Å². The van der Waals surface area contributed by atoms with E-state index in [2.05, 4.69) is 11.0 Å². The summed E-state index contributed by atoms with van der Waals surface area (Å²) >= 11 is 1.56. The number of carbonyl (C=O) groups is 1. The van der Waals surface area contributed by atoms with Gasteiger partial charge in [0.15, 0.2) is 0 Å². The summed E-state index contributed by atoms with van der Waals surface area (Å²) < 4.78 is 18.7. The highest BCUT2D eigenvalue weighted by Crippen LogP contribution is 2.41. The van der Waals surface area contributed by atoms with Gasteiger partial charge < -0.3 is 20.3 Å². The van der Waals surface area contributed by atoms with Gasteiger partial charge in [0.2, 0.25) is 0 Å². The molecule has 2 atom stereocenters. The molecule has 1 aromatic carbocycles. The van der Waals surface area contributed by atoms with Gasteiger partial charge in [-0.2, -0.15) is 0 Å². The smallest absolute Gasteiger partial charge is 0.315 e. The number of amides is 2. The van der Waals surface area contributed by atoms with E-state index in [4.69, 9.17) is 15.5 Å². The second-order valence-corrected chi connectivity index (χ2v) is 9.57.